The van der Waals surface area contributed by atoms with E-state index in [2.05, 4.69) is 15.2 Å². The third-order valence-corrected chi connectivity index (χ3v) is 2.00. The number of aryl methyl sites for hydroxylation is 1. The van der Waals surface area contributed by atoms with E-state index in [0.29, 0.717) is 5.82 Å². The lowest BCUT2D eigenvalue weighted by Crippen LogP contribution is -1.97. The highest BCUT2D eigenvalue weighted by Gasteiger charge is 2.01. The molecule has 2 heterocycles. The molecule has 2 aromatic heterocycles. The molecule has 4 nitrogen and oxygen atoms in total. The Morgan fingerprint density at radius 2 is 1.86 bits per heavy atom. The highest BCUT2D eigenvalue weighted by Crippen LogP contribution is 2.17. The van der Waals surface area contributed by atoms with Gasteiger partial charge in [-0.2, -0.15) is 0 Å². The molecule has 0 fully saturated rings. The van der Waals surface area contributed by atoms with Crippen molar-refractivity contribution < 1.29 is 0 Å². The molecule has 2 N–H and O–H groups in total. The van der Waals surface area contributed by atoms with Crippen LogP contribution in [0.3, 0.4) is 0 Å². The van der Waals surface area contributed by atoms with Gasteiger partial charge in [0.15, 0.2) is 0 Å². The van der Waals surface area contributed by atoms with Crippen molar-refractivity contribution in [2.75, 3.05) is 5.73 Å². The number of pyridine rings is 1. The van der Waals surface area contributed by atoms with Crippen LogP contribution in [0.15, 0.2) is 30.6 Å². The number of nitrogen functional groups attached to an aromatic ring is 1. The van der Waals surface area contributed by atoms with Gasteiger partial charge in [-0.3, -0.25) is 4.98 Å². The first-order valence-electron chi connectivity index (χ1n) is 4.27. The molecule has 0 aliphatic carbocycles. The molecular formula is C10H10N4. The molecule has 0 radical (unpaired) electrons. The first-order valence-corrected chi connectivity index (χ1v) is 4.27. The Morgan fingerprint density at radius 3 is 2.50 bits per heavy atom. The van der Waals surface area contributed by atoms with E-state index < -0.39 is 0 Å². The largest absolute Gasteiger partial charge is 0.382 e. The van der Waals surface area contributed by atoms with E-state index in [1.807, 2.05) is 25.1 Å². The third kappa shape index (κ3) is 1.54. The second-order valence-corrected chi connectivity index (χ2v) is 3.03. The molecular weight excluding hydrogens is 176 g/mol. The van der Waals surface area contributed by atoms with Crippen LogP contribution in [0.2, 0.25) is 0 Å². The van der Waals surface area contributed by atoms with Crippen molar-refractivity contribution in [2.24, 2.45) is 0 Å². The topological polar surface area (TPSA) is 64.7 Å². The van der Waals surface area contributed by atoms with Crippen molar-refractivity contribution >= 4 is 5.82 Å². The van der Waals surface area contributed by atoms with Crippen LogP contribution >= 0.6 is 0 Å². The number of hydrogen-bond donors (Lipinski definition) is 1. The van der Waals surface area contributed by atoms with Crippen molar-refractivity contribution in [2.45, 2.75) is 6.92 Å². The summed E-state index contributed by atoms with van der Waals surface area (Å²) >= 11 is 0. The number of aromatic nitrogens is 3. The maximum Gasteiger partial charge on any atom is 0.149 e. The van der Waals surface area contributed by atoms with Gasteiger partial charge in [-0.15, -0.1) is 10.2 Å². The lowest BCUT2D eigenvalue weighted by Gasteiger charge is -2.01. The molecule has 0 saturated heterocycles. The monoisotopic (exact) mass is 186 g/mol. The highest BCUT2D eigenvalue weighted by atomic mass is 15.1. The summed E-state index contributed by atoms with van der Waals surface area (Å²) in [6.07, 6.45) is 3.45. The van der Waals surface area contributed by atoms with Crippen molar-refractivity contribution in [3.63, 3.8) is 0 Å². The van der Waals surface area contributed by atoms with Crippen LogP contribution in [0.1, 0.15) is 5.56 Å². The molecule has 0 aromatic carbocycles. The van der Waals surface area contributed by atoms with Gasteiger partial charge < -0.3 is 5.73 Å². The lowest BCUT2D eigenvalue weighted by atomic mass is 10.1. The van der Waals surface area contributed by atoms with Gasteiger partial charge in [-0.25, -0.2) is 0 Å². The third-order valence-electron chi connectivity index (χ3n) is 2.00. The molecule has 2 aromatic rings. The summed E-state index contributed by atoms with van der Waals surface area (Å²) in [7, 11) is 0. The Hall–Kier alpha value is -1.97. The van der Waals surface area contributed by atoms with Crippen LogP contribution in [-0.2, 0) is 0 Å². The van der Waals surface area contributed by atoms with Crippen LogP contribution < -0.4 is 5.73 Å². The average molecular weight is 186 g/mol. The normalized spacial score (nSPS) is 10.1. The molecule has 0 bridgehead atoms. The van der Waals surface area contributed by atoms with Gasteiger partial charge in [-0.1, -0.05) is 0 Å². The maximum absolute atomic E-state index is 5.58. The fourth-order valence-electron chi connectivity index (χ4n) is 1.16. The number of nitrogens with zero attached hydrogens (tertiary/aromatic N) is 3. The second kappa shape index (κ2) is 3.41. The van der Waals surface area contributed by atoms with Gasteiger partial charge >= 0.3 is 0 Å². The second-order valence-electron chi connectivity index (χ2n) is 3.03. The zero-order valence-electron chi connectivity index (χ0n) is 7.81. The van der Waals surface area contributed by atoms with Gasteiger partial charge in [0.25, 0.3) is 0 Å². The van der Waals surface area contributed by atoms with E-state index in [9.17, 15) is 0 Å². The lowest BCUT2D eigenvalue weighted by molar-refractivity contribution is 1.03. The van der Waals surface area contributed by atoms with E-state index in [0.717, 1.165) is 16.8 Å². The van der Waals surface area contributed by atoms with Gasteiger partial charge in [0.2, 0.25) is 0 Å². The van der Waals surface area contributed by atoms with E-state index in [1.54, 1.807) is 12.4 Å². The van der Waals surface area contributed by atoms with Crippen molar-refractivity contribution in [3.05, 3.63) is 36.2 Å². The van der Waals surface area contributed by atoms with Crippen LogP contribution in [0.25, 0.3) is 11.3 Å². The van der Waals surface area contributed by atoms with Gasteiger partial charge in [0.05, 0.1) is 5.69 Å². The van der Waals surface area contributed by atoms with Gasteiger partial charge in [0, 0.05) is 18.0 Å². The SMILES string of the molecule is Cc1cc(-c2ccncc2)nnc1N. The average Bonchev–Trinajstić information content (AvgIpc) is 2.23. The Bertz CT molecular complexity index is 439. The maximum atomic E-state index is 5.58. The Labute approximate surface area is 81.8 Å². The molecule has 0 aliphatic rings. The summed E-state index contributed by atoms with van der Waals surface area (Å²) in [5.74, 6) is 0.475. The van der Waals surface area contributed by atoms with Crippen LogP contribution in [-0.4, -0.2) is 15.2 Å². The van der Waals surface area contributed by atoms with Crippen LogP contribution in [0.4, 0.5) is 5.82 Å². The zero-order valence-corrected chi connectivity index (χ0v) is 7.81. The van der Waals surface area contributed by atoms with E-state index >= 15 is 0 Å². The molecule has 0 aliphatic heterocycles. The van der Waals surface area contributed by atoms with E-state index in [4.69, 9.17) is 5.73 Å². The summed E-state index contributed by atoms with van der Waals surface area (Å²) < 4.78 is 0. The number of hydrogen-bond acceptors (Lipinski definition) is 4. The summed E-state index contributed by atoms with van der Waals surface area (Å²) in [4.78, 5) is 3.94. The molecule has 4 heteroatoms. The van der Waals surface area contributed by atoms with Crippen molar-refractivity contribution in [3.8, 4) is 11.3 Å². The Kier molecular flexibility index (Phi) is 2.10. The molecule has 2 rings (SSSR count). The minimum absolute atomic E-state index is 0.475. The minimum Gasteiger partial charge on any atom is -0.382 e. The smallest absolute Gasteiger partial charge is 0.149 e. The quantitative estimate of drug-likeness (QED) is 0.731. The summed E-state index contributed by atoms with van der Waals surface area (Å²) in [5.41, 5.74) is 8.33. The molecule has 0 atom stereocenters. The molecule has 0 unspecified atom stereocenters. The molecule has 0 amide bonds. The van der Waals surface area contributed by atoms with Gasteiger partial charge in [0.1, 0.15) is 5.82 Å². The predicted molar refractivity (Wildman–Crippen MR) is 54.4 cm³/mol. The van der Waals surface area contributed by atoms with Crippen molar-refractivity contribution in [1.29, 1.82) is 0 Å². The molecule has 0 spiro atoms. The van der Waals surface area contributed by atoms with Crippen LogP contribution in [0.5, 0.6) is 0 Å². The molecule has 0 saturated carbocycles. The van der Waals surface area contributed by atoms with Crippen LogP contribution in [0, 0.1) is 6.92 Å². The van der Waals surface area contributed by atoms with Gasteiger partial charge in [-0.05, 0) is 30.7 Å². The standard InChI is InChI=1S/C10H10N4/c1-7-6-9(13-14-10(7)11)8-2-4-12-5-3-8/h2-6H,1H3,(H2,11,14). The Balaban J connectivity index is 2.48. The van der Waals surface area contributed by atoms with Crippen molar-refractivity contribution in [1.82, 2.24) is 15.2 Å². The summed E-state index contributed by atoms with van der Waals surface area (Å²) in [5, 5.41) is 7.87. The summed E-state index contributed by atoms with van der Waals surface area (Å²) in [6, 6.07) is 5.69. The minimum atomic E-state index is 0.475. The first kappa shape index (κ1) is 8.62. The number of rotatable bonds is 1. The summed E-state index contributed by atoms with van der Waals surface area (Å²) in [6.45, 7) is 1.91. The molecule has 70 valence electrons. The number of anilines is 1. The highest BCUT2D eigenvalue weighted by molar-refractivity contribution is 5.60. The fourth-order valence-corrected chi connectivity index (χ4v) is 1.16. The van der Waals surface area contributed by atoms with E-state index in [1.165, 1.54) is 0 Å². The fraction of sp³-hybridized carbons (Fsp3) is 0.100. The van der Waals surface area contributed by atoms with E-state index in [-0.39, 0.29) is 0 Å². The first-order chi connectivity index (χ1) is 6.77. The Morgan fingerprint density at radius 1 is 1.14 bits per heavy atom. The molecule has 14 heavy (non-hydrogen) atoms. The zero-order chi connectivity index (χ0) is 9.97. The predicted octanol–water partition coefficient (Wildman–Crippen LogP) is 1.43. The number of nitrogens with two attached hydrogens (primary N) is 1.